The van der Waals surface area contributed by atoms with Crippen molar-refractivity contribution in [2.45, 2.75) is 65.7 Å². The summed E-state index contributed by atoms with van der Waals surface area (Å²) in [5.41, 5.74) is 9.93. The third kappa shape index (κ3) is 6.12. The molecule has 0 bridgehead atoms. The molecule has 11 rings (SSSR count). The van der Waals surface area contributed by atoms with Crippen LogP contribution in [0.15, 0.2) is 140 Å². The minimum Gasteiger partial charge on any atom is -0.457 e. The van der Waals surface area contributed by atoms with Crippen molar-refractivity contribution >= 4 is 96.8 Å². The molecule has 0 atom stereocenters. The van der Waals surface area contributed by atoms with Crippen LogP contribution in [0.4, 0.5) is 22.1 Å². The fourth-order valence-corrected chi connectivity index (χ4v) is 11.7. The quantitative estimate of drug-likeness (QED) is 0.160. The van der Waals surface area contributed by atoms with E-state index in [1.54, 1.807) is 0 Å². The molecule has 1 aliphatic heterocycles. The molecule has 4 aromatic heterocycles. The van der Waals surface area contributed by atoms with Gasteiger partial charge >= 0.3 is 0 Å². The number of hydrogen-bond acceptors (Lipinski definition) is 6. The maximum Gasteiger partial charge on any atom is 0.137 e. The molecule has 0 unspecified atom stereocenters. The highest BCUT2D eigenvalue weighted by Crippen LogP contribution is 2.56. The van der Waals surface area contributed by atoms with E-state index in [2.05, 4.69) is 196 Å². The molecule has 5 heterocycles. The van der Waals surface area contributed by atoms with Crippen LogP contribution in [0.1, 0.15) is 77.0 Å². The molecule has 0 aliphatic carbocycles. The smallest absolute Gasteiger partial charge is 0.137 e. The van der Waals surface area contributed by atoms with Crippen molar-refractivity contribution in [3.8, 4) is 17.3 Å². The van der Waals surface area contributed by atoms with Crippen LogP contribution in [0.5, 0.6) is 11.5 Å². The summed E-state index contributed by atoms with van der Waals surface area (Å²) in [4.78, 5) is 10.1. The molecule has 61 heavy (non-hydrogen) atoms. The Morgan fingerprint density at radius 3 is 2.03 bits per heavy atom. The molecule has 302 valence electrons. The van der Waals surface area contributed by atoms with Gasteiger partial charge in [0, 0.05) is 65.0 Å². The molecule has 1 aliphatic rings. The van der Waals surface area contributed by atoms with Crippen LogP contribution in [-0.4, -0.2) is 16.2 Å². The van der Waals surface area contributed by atoms with E-state index in [0.29, 0.717) is 11.8 Å². The molecule has 0 spiro atoms. The number of nitrogens with zero attached hydrogens (tertiary/aromatic N) is 4. The molecule has 0 N–H and O–H groups in total. The van der Waals surface area contributed by atoms with Crippen LogP contribution in [0.2, 0.25) is 0 Å². The molecule has 0 radical (unpaired) electrons. The van der Waals surface area contributed by atoms with E-state index in [0.717, 1.165) is 35.2 Å². The maximum absolute atomic E-state index is 6.89. The van der Waals surface area contributed by atoms with Crippen molar-refractivity contribution in [1.82, 2.24) is 9.55 Å². The Morgan fingerprint density at radius 1 is 0.590 bits per heavy atom. The third-order valence-electron chi connectivity index (χ3n) is 12.4. The Balaban J connectivity index is 1.04. The first-order valence-electron chi connectivity index (χ1n) is 21.4. The average Bonchev–Trinajstić information content (AvgIpc) is 4.01. The zero-order valence-electron chi connectivity index (χ0n) is 35.7. The second-order valence-electron chi connectivity index (χ2n) is 18.0. The molecule has 7 heteroatoms. The first kappa shape index (κ1) is 37.8. The SMILES string of the molecule is CC(C)c1cccc(C(C)C)c1N1CN(c2cccc(Oc3ccc4c5ccc6sc7ccccc7c6c5n(-c5cc(C(C)(C)C)ccn5)c4c3)c2)c2c1sc1ccccc21. The number of anilines is 4. The summed E-state index contributed by atoms with van der Waals surface area (Å²) in [5, 5.41) is 7.49. The van der Waals surface area contributed by atoms with Crippen LogP contribution >= 0.6 is 22.7 Å². The van der Waals surface area contributed by atoms with Gasteiger partial charge in [0.1, 0.15) is 29.0 Å². The number of ether oxygens (including phenoxy) is 1. The van der Waals surface area contributed by atoms with Crippen LogP contribution in [0, 0.1) is 0 Å². The molecule has 0 saturated heterocycles. The van der Waals surface area contributed by atoms with Crippen LogP contribution < -0.4 is 14.5 Å². The van der Waals surface area contributed by atoms with E-state index in [-0.39, 0.29) is 5.41 Å². The normalized spacial score (nSPS) is 13.3. The number of rotatable bonds is 7. The van der Waals surface area contributed by atoms with Gasteiger partial charge in [-0.3, -0.25) is 4.57 Å². The number of benzene rings is 6. The number of hydrogen-bond donors (Lipinski definition) is 0. The molecular formula is C54H48N4OS2. The highest BCUT2D eigenvalue weighted by molar-refractivity contribution is 7.26. The predicted molar refractivity (Wildman–Crippen MR) is 262 cm³/mol. The van der Waals surface area contributed by atoms with Gasteiger partial charge in [0.15, 0.2) is 0 Å². The van der Waals surface area contributed by atoms with Crippen molar-refractivity contribution in [1.29, 1.82) is 0 Å². The number of para-hydroxylation sites is 1. The van der Waals surface area contributed by atoms with Crippen molar-refractivity contribution in [2.24, 2.45) is 0 Å². The van der Waals surface area contributed by atoms with Gasteiger partial charge in [-0.25, -0.2) is 4.98 Å². The number of fused-ring (bicyclic) bond motifs is 10. The molecule has 10 aromatic rings. The highest BCUT2D eigenvalue weighted by atomic mass is 32.1. The van der Waals surface area contributed by atoms with E-state index >= 15 is 0 Å². The van der Waals surface area contributed by atoms with Crippen molar-refractivity contribution in [3.63, 3.8) is 0 Å². The number of aromatic nitrogens is 2. The average molecular weight is 833 g/mol. The number of thiophene rings is 2. The molecular weight excluding hydrogens is 785 g/mol. The van der Waals surface area contributed by atoms with Crippen molar-refractivity contribution in [2.75, 3.05) is 16.5 Å². The van der Waals surface area contributed by atoms with Gasteiger partial charge in [-0.15, -0.1) is 22.7 Å². The zero-order chi connectivity index (χ0) is 41.7. The van der Waals surface area contributed by atoms with E-state index in [9.17, 15) is 0 Å². The first-order chi connectivity index (χ1) is 29.5. The minimum atomic E-state index is -0.0306. The van der Waals surface area contributed by atoms with Crippen molar-refractivity contribution in [3.05, 3.63) is 156 Å². The first-order valence-corrected chi connectivity index (χ1v) is 23.0. The van der Waals surface area contributed by atoms with E-state index in [1.165, 1.54) is 79.6 Å². The summed E-state index contributed by atoms with van der Waals surface area (Å²) < 4.78 is 13.1. The number of pyridine rings is 1. The van der Waals surface area contributed by atoms with Gasteiger partial charge in [0.2, 0.25) is 0 Å². The fraction of sp³-hybridized carbons (Fsp3) is 0.204. The van der Waals surface area contributed by atoms with Crippen LogP contribution in [0.3, 0.4) is 0 Å². The van der Waals surface area contributed by atoms with Gasteiger partial charge in [-0.2, -0.15) is 0 Å². The summed E-state index contributed by atoms with van der Waals surface area (Å²) in [6, 6.07) is 48.6. The molecule has 0 saturated carbocycles. The minimum absolute atomic E-state index is 0.0306. The Bertz CT molecular complexity index is 3320. The summed E-state index contributed by atoms with van der Waals surface area (Å²) in [5.74, 6) is 3.27. The molecule has 5 nitrogen and oxygen atoms in total. The Hall–Kier alpha value is -6.15. The van der Waals surface area contributed by atoms with Crippen LogP contribution in [0.25, 0.3) is 57.9 Å². The van der Waals surface area contributed by atoms with Gasteiger partial charge < -0.3 is 14.5 Å². The lowest BCUT2D eigenvalue weighted by Gasteiger charge is -2.29. The molecule has 6 aromatic carbocycles. The molecule has 0 fully saturated rings. The maximum atomic E-state index is 6.89. The zero-order valence-corrected chi connectivity index (χ0v) is 37.3. The standard InChI is InChI=1S/C54H48N4OS2/c1-32(2)38-18-13-19-39(33(3)4)50(38)57-31-56(52-43-17-9-11-21-46(43)61-53(52)57)35-14-12-15-36(29-35)59-37-22-23-40-41-24-25-47-49(42-16-8-10-20-45(42)60-47)51(41)58(44(40)30-37)48-28-34(26-27-55-48)54(5,6)7/h8-30,32-33H,31H2,1-7H3. The van der Waals surface area contributed by atoms with Gasteiger partial charge in [0.25, 0.3) is 0 Å². The highest BCUT2D eigenvalue weighted by Gasteiger charge is 2.35. The lowest BCUT2D eigenvalue weighted by atomic mass is 9.88. The molecule has 0 amide bonds. The second-order valence-corrected chi connectivity index (χ2v) is 20.2. The van der Waals surface area contributed by atoms with E-state index < -0.39 is 0 Å². The lowest BCUT2D eigenvalue weighted by molar-refractivity contribution is 0.483. The summed E-state index contributed by atoms with van der Waals surface area (Å²) >= 11 is 3.74. The Labute approximate surface area is 365 Å². The van der Waals surface area contributed by atoms with Gasteiger partial charge in [0.05, 0.1) is 22.4 Å². The summed E-state index contributed by atoms with van der Waals surface area (Å²) in [6.45, 7) is 16.7. The monoisotopic (exact) mass is 832 g/mol. The van der Waals surface area contributed by atoms with Crippen molar-refractivity contribution < 1.29 is 4.74 Å². The largest absolute Gasteiger partial charge is 0.457 e. The second kappa shape index (κ2) is 14.2. The predicted octanol–water partition coefficient (Wildman–Crippen LogP) is 16.3. The van der Waals surface area contributed by atoms with Crippen LogP contribution in [-0.2, 0) is 5.41 Å². The third-order valence-corrected chi connectivity index (χ3v) is 14.7. The Morgan fingerprint density at radius 2 is 1.28 bits per heavy atom. The van der Waals surface area contributed by atoms with Gasteiger partial charge in [-0.1, -0.05) is 115 Å². The lowest BCUT2D eigenvalue weighted by Crippen LogP contribution is -2.26. The summed E-state index contributed by atoms with van der Waals surface area (Å²) in [7, 11) is 0. The summed E-state index contributed by atoms with van der Waals surface area (Å²) in [6.07, 6.45) is 1.96. The fourth-order valence-electron chi connectivity index (χ4n) is 9.40. The Kier molecular flexibility index (Phi) is 8.82. The van der Waals surface area contributed by atoms with E-state index in [1.807, 2.05) is 28.9 Å². The topological polar surface area (TPSA) is 33.5 Å². The van der Waals surface area contributed by atoms with E-state index in [4.69, 9.17) is 9.72 Å². The van der Waals surface area contributed by atoms with Gasteiger partial charge in [-0.05, 0) is 88.5 Å².